The average Bonchev–Trinajstić information content (AvgIpc) is 3.20. The summed E-state index contributed by atoms with van der Waals surface area (Å²) >= 11 is 0. The summed E-state index contributed by atoms with van der Waals surface area (Å²) in [5.74, 6) is 2.45. The molecule has 5 heteroatoms. The summed E-state index contributed by atoms with van der Waals surface area (Å²) < 4.78 is 13.4. The molecule has 4 rings (SSSR count). The Balaban J connectivity index is 1.60. The van der Waals surface area contributed by atoms with Crippen LogP contribution in [0.5, 0.6) is 11.5 Å². The minimum Gasteiger partial charge on any atom is -0.490 e. The number of aryl methyl sites for hydroxylation is 1. The van der Waals surface area contributed by atoms with Crippen LogP contribution in [-0.4, -0.2) is 29.0 Å². The van der Waals surface area contributed by atoms with Gasteiger partial charge in [-0.15, -0.1) is 0 Å². The molecule has 1 saturated carbocycles. The lowest BCUT2D eigenvalue weighted by atomic mass is 10.1. The predicted octanol–water partition coefficient (Wildman–Crippen LogP) is 2.75. The Bertz CT molecular complexity index is 710. The number of hydrogen-bond donors (Lipinski definition) is 1. The van der Waals surface area contributed by atoms with Gasteiger partial charge in [0.15, 0.2) is 11.5 Å². The molecule has 0 spiro atoms. The van der Waals surface area contributed by atoms with Gasteiger partial charge >= 0.3 is 0 Å². The van der Waals surface area contributed by atoms with E-state index >= 15 is 0 Å². The highest BCUT2D eigenvalue weighted by molar-refractivity contribution is 5.66. The van der Waals surface area contributed by atoms with Crippen molar-refractivity contribution in [3.63, 3.8) is 0 Å². The molecule has 2 unspecified atom stereocenters. The first-order valence-electron chi connectivity index (χ1n) is 8.36. The molecule has 5 nitrogen and oxygen atoms in total. The molecular weight excluding hydrogens is 290 g/mol. The van der Waals surface area contributed by atoms with Gasteiger partial charge in [-0.3, -0.25) is 4.68 Å². The van der Waals surface area contributed by atoms with Crippen LogP contribution in [0.3, 0.4) is 0 Å². The van der Waals surface area contributed by atoms with E-state index in [0.29, 0.717) is 19.3 Å². The minimum atomic E-state index is 0.659. The highest BCUT2D eigenvalue weighted by Crippen LogP contribution is 2.35. The molecule has 0 amide bonds. The summed E-state index contributed by atoms with van der Waals surface area (Å²) in [7, 11) is 1.97. The van der Waals surface area contributed by atoms with E-state index in [1.54, 1.807) is 0 Å². The minimum absolute atomic E-state index is 0.659. The van der Waals surface area contributed by atoms with Crippen molar-refractivity contribution in [3.05, 3.63) is 30.0 Å². The molecule has 1 fully saturated rings. The number of ether oxygens (including phenoxy) is 2. The monoisotopic (exact) mass is 313 g/mol. The quantitative estimate of drug-likeness (QED) is 0.943. The maximum Gasteiger partial charge on any atom is 0.161 e. The van der Waals surface area contributed by atoms with Crippen LogP contribution < -0.4 is 14.8 Å². The van der Waals surface area contributed by atoms with E-state index in [0.717, 1.165) is 41.6 Å². The Labute approximate surface area is 136 Å². The maximum absolute atomic E-state index is 5.80. The van der Waals surface area contributed by atoms with Crippen molar-refractivity contribution in [1.29, 1.82) is 0 Å². The largest absolute Gasteiger partial charge is 0.490 e. The molecule has 1 aliphatic heterocycles. The Morgan fingerprint density at radius 3 is 2.83 bits per heavy atom. The van der Waals surface area contributed by atoms with E-state index in [2.05, 4.69) is 29.6 Å². The number of nitrogens with one attached hydrogen (secondary N) is 1. The molecule has 1 aromatic heterocycles. The fraction of sp³-hybridized carbons (Fsp3) is 0.500. The van der Waals surface area contributed by atoms with Gasteiger partial charge in [0.25, 0.3) is 0 Å². The van der Waals surface area contributed by atoms with Crippen LogP contribution in [0.15, 0.2) is 24.4 Å². The van der Waals surface area contributed by atoms with Crippen LogP contribution in [0.25, 0.3) is 11.3 Å². The van der Waals surface area contributed by atoms with Gasteiger partial charge in [0.05, 0.1) is 18.9 Å². The van der Waals surface area contributed by atoms with Crippen molar-refractivity contribution in [1.82, 2.24) is 15.1 Å². The third-order valence-corrected chi connectivity index (χ3v) is 4.59. The van der Waals surface area contributed by atoms with Gasteiger partial charge in [-0.25, -0.2) is 0 Å². The molecule has 1 aliphatic carbocycles. The molecule has 2 aliphatic rings. The smallest absolute Gasteiger partial charge is 0.161 e. The van der Waals surface area contributed by atoms with Crippen molar-refractivity contribution in [2.75, 3.05) is 13.2 Å². The number of benzene rings is 1. The third kappa shape index (κ3) is 3.06. The Hall–Kier alpha value is -2.01. The highest BCUT2D eigenvalue weighted by atomic mass is 16.5. The first-order valence-corrected chi connectivity index (χ1v) is 8.36. The van der Waals surface area contributed by atoms with Crippen molar-refractivity contribution in [3.8, 4) is 22.8 Å². The van der Waals surface area contributed by atoms with Gasteiger partial charge in [-0.05, 0) is 30.5 Å². The Morgan fingerprint density at radius 2 is 2.04 bits per heavy atom. The summed E-state index contributed by atoms with van der Waals surface area (Å²) in [6.45, 7) is 4.55. The molecule has 2 heterocycles. The first kappa shape index (κ1) is 14.6. The number of fused-ring (bicyclic) bond motifs is 1. The second-order valence-electron chi connectivity index (χ2n) is 6.59. The zero-order valence-electron chi connectivity index (χ0n) is 13.7. The van der Waals surface area contributed by atoms with Crippen LogP contribution in [0.2, 0.25) is 0 Å². The van der Waals surface area contributed by atoms with E-state index in [1.807, 2.05) is 23.9 Å². The Morgan fingerprint density at radius 1 is 1.26 bits per heavy atom. The van der Waals surface area contributed by atoms with E-state index in [1.165, 1.54) is 12.0 Å². The molecule has 2 aromatic rings. The van der Waals surface area contributed by atoms with Gasteiger partial charge in [0.2, 0.25) is 0 Å². The van der Waals surface area contributed by atoms with Gasteiger partial charge in [0.1, 0.15) is 0 Å². The highest BCUT2D eigenvalue weighted by Gasteiger charge is 2.32. The van der Waals surface area contributed by atoms with E-state index in [9.17, 15) is 0 Å². The van der Waals surface area contributed by atoms with Crippen LogP contribution >= 0.6 is 0 Å². The molecule has 23 heavy (non-hydrogen) atoms. The first-order chi connectivity index (χ1) is 11.2. The van der Waals surface area contributed by atoms with Gasteiger partial charge in [-0.1, -0.05) is 6.92 Å². The van der Waals surface area contributed by atoms with E-state index in [4.69, 9.17) is 9.47 Å². The maximum atomic E-state index is 5.80. The van der Waals surface area contributed by atoms with Crippen molar-refractivity contribution >= 4 is 0 Å². The SMILES string of the molecule is CC1CC1NCc1cn(C)nc1-c1ccc2c(c1)OCCCO2. The fourth-order valence-electron chi connectivity index (χ4n) is 3.07. The molecule has 1 aromatic carbocycles. The number of hydrogen-bond acceptors (Lipinski definition) is 4. The summed E-state index contributed by atoms with van der Waals surface area (Å²) in [4.78, 5) is 0. The summed E-state index contributed by atoms with van der Waals surface area (Å²) in [6.07, 6.45) is 4.29. The van der Waals surface area contributed by atoms with Gasteiger partial charge < -0.3 is 14.8 Å². The Kier molecular flexibility index (Phi) is 3.73. The summed E-state index contributed by atoms with van der Waals surface area (Å²) in [5.41, 5.74) is 3.32. The van der Waals surface area contributed by atoms with Crippen LogP contribution in [0.4, 0.5) is 0 Å². The normalized spacial score (nSPS) is 22.7. The molecule has 122 valence electrons. The van der Waals surface area contributed by atoms with Crippen LogP contribution in [-0.2, 0) is 13.6 Å². The fourth-order valence-corrected chi connectivity index (χ4v) is 3.07. The number of nitrogens with zero attached hydrogens (tertiary/aromatic N) is 2. The molecule has 1 N–H and O–H groups in total. The van der Waals surface area contributed by atoms with Crippen molar-refractivity contribution in [2.24, 2.45) is 13.0 Å². The van der Waals surface area contributed by atoms with E-state index in [-0.39, 0.29) is 0 Å². The zero-order valence-corrected chi connectivity index (χ0v) is 13.7. The zero-order chi connectivity index (χ0) is 15.8. The topological polar surface area (TPSA) is 48.3 Å². The van der Waals surface area contributed by atoms with Crippen molar-refractivity contribution < 1.29 is 9.47 Å². The molecule has 0 saturated heterocycles. The average molecular weight is 313 g/mol. The second kappa shape index (κ2) is 5.89. The molecule has 2 atom stereocenters. The lowest BCUT2D eigenvalue weighted by molar-refractivity contribution is 0.297. The summed E-state index contributed by atoms with van der Waals surface area (Å²) in [5, 5.41) is 8.26. The third-order valence-electron chi connectivity index (χ3n) is 4.59. The van der Waals surface area contributed by atoms with Gasteiger partial charge in [-0.2, -0.15) is 5.10 Å². The van der Waals surface area contributed by atoms with Crippen LogP contribution in [0, 0.1) is 5.92 Å². The number of rotatable bonds is 4. The van der Waals surface area contributed by atoms with Gasteiger partial charge in [0, 0.05) is 43.4 Å². The van der Waals surface area contributed by atoms with E-state index < -0.39 is 0 Å². The predicted molar refractivity (Wildman–Crippen MR) is 88.7 cm³/mol. The van der Waals surface area contributed by atoms with Crippen molar-refractivity contribution in [2.45, 2.75) is 32.4 Å². The molecular formula is C18H23N3O2. The standard InChI is InChI=1S/C18H23N3O2/c1-12-8-15(12)19-10-14-11-21(2)20-18(14)13-4-5-16-17(9-13)23-7-3-6-22-16/h4-5,9,11-12,15,19H,3,6-8,10H2,1-2H3. The number of aromatic nitrogens is 2. The lowest BCUT2D eigenvalue weighted by Crippen LogP contribution is -2.17. The summed E-state index contributed by atoms with van der Waals surface area (Å²) in [6, 6.07) is 6.77. The molecule has 0 bridgehead atoms. The molecule has 0 radical (unpaired) electrons. The second-order valence-corrected chi connectivity index (χ2v) is 6.59. The lowest BCUT2D eigenvalue weighted by Gasteiger charge is -2.09. The van der Waals surface area contributed by atoms with Crippen LogP contribution in [0.1, 0.15) is 25.3 Å².